The van der Waals surface area contributed by atoms with Gasteiger partial charge in [-0.2, -0.15) is 0 Å². The Morgan fingerprint density at radius 2 is 1.58 bits per heavy atom. The summed E-state index contributed by atoms with van der Waals surface area (Å²) in [7, 11) is 0. The molecule has 4 rings (SSSR count). The van der Waals surface area contributed by atoms with Crippen LogP contribution in [0.15, 0.2) is 41.5 Å². The van der Waals surface area contributed by atoms with Crippen LogP contribution in [0.3, 0.4) is 0 Å². The third-order valence-electron chi connectivity index (χ3n) is 10.9. The van der Waals surface area contributed by atoms with Gasteiger partial charge in [0.05, 0.1) is 18.3 Å². The van der Waals surface area contributed by atoms with Gasteiger partial charge in [0.2, 0.25) is 0 Å². The molecule has 2 saturated carbocycles. The van der Waals surface area contributed by atoms with Crippen molar-refractivity contribution >= 4 is 23.5 Å². The molecule has 0 amide bonds. The molecule has 1 aromatic carbocycles. The van der Waals surface area contributed by atoms with Crippen LogP contribution in [0, 0.1) is 28.6 Å². The first kappa shape index (κ1) is 33.0. The molecule has 4 N–H and O–H groups in total. The van der Waals surface area contributed by atoms with Crippen LogP contribution in [-0.4, -0.2) is 80.1 Å². The first-order chi connectivity index (χ1) is 19.9. The molecule has 2 fully saturated rings. The van der Waals surface area contributed by atoms with Gasteiger partial charge in [-0.1, -0.05) is 58.0 Å². The van der Waals surface area contributed by atoms with Crippen LogP contribution < -0.4 is 0 Å². The monoisotopic (exact) mass is 600 g/mol. The molecule has 10 nitrogen and oxygen atoms in total. The number of Topliss-reactive ketones (excluding diaryl/α,β-unsaturated/α-hetero) is 2. The quantitative estimate of drug-likeness (QED) is 0.216. The molecule has 236 valence electrons. The van der Waals surface area contributed by atoms with Gasteiger partial charge < -0.3 is 29.9 Å². The second-order valence-corrected chi connectivity index (χ2v) is 13.5. The summed E-state index contributed by atoms with van der Waals surface area (Å²) >= 11 is 0. The van der Waals surface area contributed by atoms with Gasteiger partial charge in [-0.25, -0.2) is 0 Å². The minimum absolute atomic E-state index is 0.0238. The van der Waals surface area contributed by atoms with Gasteiger partial charge in [0.15, 0.2) is 17.7 Å². The number of ether oxygens (including phenoxy) is 2. The molecular formula is C33H44O10. The molecular weight excluding hydrogens is 556 g/mol. The number of hydrogen-bond acceptors (Lipinski definition) is 10. The number of aliphatic hydroxyl groups excluding tert-OH is 2. The van der Waals surface area contributed by atoms with Crippen molar-refractivity contribution in [3.63, 3.8) is 0 Å². The molecule has 10 heteroatoms. The average molecular weight is 601 g/mol. The van der Waals surface area contributed by atoms with E-state index in [1.807, 2.05) is 0 Å². The molecule has 1 aromatic rings. The summed E-state index contributed by atoms with van der Waals surface area (Å²) in [6, 6.07) is 8.38. The minimum Gasteiger partial charge on any atom is -0.459 e. The van der Waals surface area contributed by atoms with Gasteiger partial charge >= 0.3 is 11.9 Å². The number of ketones is 2. The van der Waals surface area contributed by atoms with E-state index in [9.17, 15) is 39.6 Å². The molecule has 43 heavy (non-hydrogen) atoms. The number of rotatable bonds is 6. The predicted molar refractivity (Wildman–Crippen MR) is 154 cm³/mol. The van der Waals surface area contributed by atoms with E-state index in [1.165, 1.54) is 6.92 Å². The highest BCUT2D eigenvalue weighted by Crippen LogP contribution is 2.65. The van der Waals surface area contributed by atoms with E-state index in [1.54, 1.807) is 65.0 Å². The fourth-order valence-electron chi connectivity index (χ4n) is 8.46. The molecule has 2 bridgehead atoms. The van der Waals surface area contributed by atoms with E-state index in [4.69, 9.17) is 9.47 Å². The van der Waals surface area contributed by atoms with Crippen molar-refractivity contribution in [2.45, 2.75) is 97.2 Å². The maximum Gasteiger partial charge on any atom is 0.303 e. The van der Waals surface area contributed by atoms with E-state index in [-0.39, 0.29) is 30.6 Å². The van der Waals surface area contributed by atoms with Crippen LogP contribution in [0.1, 0.15) is 78.1 Å². The smallest absolute Gasteiger partial charge is 0.303 e. The summed E-state index contributed by atoms with van der Waals surface area (Å²) in [5.41, 5.74) is -6.28. The SMILES string of the molecule is CC(=O)O[C@H]1C(=O)[C@]2(C)C(C)C[C@H](OC(C)=O)[C@@](O)(CO)C2C(CC(=O)c2ccccc2)[C@]2(O)C[C@H](O)C(C)=C1C2(C)C. The lowest BCUT2D eigenvalue weighted by atomic mass is 9.41. The van der Waals surface area contributed by atoms with Crippen molar-refractivity contribution in [2.24, 2.45) is 28.6 Å². The highest BCUT2D eigenvalue weighted by atomic mass is 16.6. The second-order valence-electron chi connectivity index (χ2n) is 13.5. The van der Waals surface area contributed by atoms with E-state index < -0.39 is 82.4 Å². The second kappa shape index (κ2) is 11.2. The fourth-order valence-corrected chi connectivity index (χ4v) is 8.46. The zero-order chi connectivity index (χ0) is 32.3. The lowest BCUT2D eigenvalue weighted by molar-refractivity contribution is -0.266. The van der Waals surface area contributed by atoms with Crippen molar-refractivity contribution in [2.75, 3.05) is 6.61 Å². The molecule has 3 aliphatic rings. The van der Waals surface area contributed by atoms with Crippen LogP contribution >= 0.6 is 0 Å². The predicted octanol–water partition coefficient (Wildman–Crippen LogP) is 2.55. The van der Waals surface area contributed by atoms with Crippen LogP contribution in [0.4, 0.5) is 0 Å². The zero-order valence-electron chi connectivity index (χ0n) is 25.9. The van der Waals surface area contributed by atoms with Crippen LogP contribution in [0.25, 0.3) is 0 Å². The van der Waals surface area contributed by atoms with Crippen LogP contribution in [0.5, 0.6) is 0 Å². The Kier molecular flexibility index (Phi) is 8.60. The molecule has 3 aliphatic carbocycles. The highest BCUT2D eigenvalue weighted by Gasteiger charge is 2.73. The molecule has 0 radical (unpaired) electrons. The summed E-state index contributed by atoms with van der Waals surface area (Å²) in [4.78, 5) is 53.5. The topological polar surface area (TPSA) is 168 Å². The normalized spacial score (nSPS) is 38.8. The fraction of sp³-hybridized carbons (Fsp3) is 0.636. The number of carbonyl (C=O) groups is 4. The Labute approximate surface area is 252 Å². The van der Waals surface area contributed by atoms with E-state index in [2.05, 4.69) is 0 Å². The van der Waals surface area contributed by atoms with Gasteiger partial charge in [-0.05, 0) is 30.4 Å². The third-order valence-corrected chi connectivity index (χ3v) is 10.9. The molecule has 0 saturated heterocycles. The molecule has 0 spiro atoms. The van der Waals surface area contributed by atoms with E-state index in [0.717, 1.165) is 6.92 Å². The first-order valence-corrected chi connectivity index (χ1v) is 14.8. The molecule has 0 aromatic heterocycles. The number of esters is 2. The number of hydrogen-bond donors (Lipinski definition) is 4. The molecule has 9 atom stereocenters. The van der Waals surface area contributed by atoms with Crippen LogP contribution in [-0.2, 0) is 23.9 Å². The van der Waals surface area contributed by atoms with Gasteiger partial charge in [0.25, 0.3) is 0 Å². The maximum atomic E-state index is 14.9. The standard InChI is InChI=1S/C33H44O10/c1-17-13-25(42-19(3)35)32(40,16-34)28-22(14-23(37)21-11-9-8-10-12-21)33(41)15-24(38)18(2)26(30(33,5)6)27(43-20(4)36)29(39)31(17,28)7/h8-12,17,22,24-25,27-28,34,38,40-41H,13-16H2,1-7H3/t17?,22?,24-,25-,27+,28?,31+,32-,33+/m0/s1. The van der Waals surface area contributed by atoms with E-state index >= 15 is 0 Å². The molecule has 0 heterocycles. The third kappa shape index (κ3) is 4.96. The van der Waals surface area contributed by atoms with Crippen molar-refractivity contribution < 1.29 is 49.1 Å². The minimum atomic E-state index is -2.30. The zero-order valence-corrected chi connectivity index (χ0v) is 25.9. The Bertz CT molecular complexity index is 1330. The summed E-state index contributed by atoms with van der Waals surface area (Å²) in [5.74, 6) is -5.70. The average Bonchev–Trinajstić information content (AvgIpc) is 2.93. The van der Waals surface area contributed by atoms with Crippen molar-refractivity contribution in [3.8, 4) is 0 Å². The van der Waals surface area contributed by atoms with Crippen molar-refractivity contribution in [3.05, 3.63) is 47.0 Å². The lowest BCUT2D eigenvalue weighted by Crippen LogP contribution is -2.75. The molecule has 3 unspecified atom stereocenters. The summed E-state index contributed by atoms with van der Waals surface area (Å²) < 4.78 is 11.3. The lowest BCUT2D eigenvalue weighted by Gasteiger charge is -2.65. The Morgan fingerprint density at radius 3 is 2.12 bits per heavy atom. The molecule has 0 aliphatic heterocycles. The number of fused-ring (bicyclic) bond motifs is 3. The van der Waals surface area contributed by atoms with Gasteiger partial charge in [0, 0.05) is 54.9 Å². The maximum absolute atomic E-state index is 14.9. The number of aliphatic hydroxyl groups is 4. The van der Waals surface area contributed by atoms with Gasteiger partial charge in [-0.3, -0.25) is 19.2 Å². The number of benzene rings is 1. The van der Waals surface area contributed by atoms with Gasteiger partial charge in [-0.15, -0.1) is 0 Å². The van der Waals surface area contributed by atoms with Crippen LogP contribution in [0.2, 0.25) is 0 Å². The highest BCUT2D eigenvalue weighted by molar-refractivity contribution is 5.97. The van der Waals surface area contributed by atoms with Crippen molar-refractivity contribution in [1.82, 2.24) is 0 Å². The summed E-state index contributed by atoms with van der Waals surface area (Å²) in [6.07, 6.45) is -4.73. The van der Waals surface area contributed by atoms with Gasteiger partial charge in [0.1, 0.15) is 11.7 Å². The van der Waals surface area contributed by atoms with Crippen molar-refractivity contribution in [1.29, 1.82) is 0 Å². The summed E-state index contributed by atoms with van der Waals surface area (Å²) in [6.45, 7) is 9.66. The Morgan fingerprint density at radius 1 is 1.00 bits per heavy atom. The summed E-state index contributed by atoms with van der Waals surface area (Å²) in [5, 5.41) is 47.6. The number of carbonyl (C=O) groups excluding carboxylic acids is 4. The Balaban J connectivity index is 2.11. The Hall–Kier alpha value is -2.92. The first-order valence-electron chi connectivity index (χ1n) is 14.8. The van der Waals surface area contributed by atoms with E-state index in [0.29, 0.717) is 11.1 Å². The largest absolute Gasteiger partial charge is 0.459 e.